The minimum atomic E-state index is -0.340. The van der Waals surface area contributed by atoms with Crippen molar-refractivity contribution in [2.24, 2.45) is 5.10 Å². The lowest BCUT2D eigenvalue weighted by molar-refractivity contribution is 0.0952. The molecule has 27 heavy (non-hydrogen) atoms. The lowest BCUT2D eigenvalue weighted by atomic mass is 10.1. The summed E-state index contributed by atoms with van der Waals surface area (Å²) in [6.45, 7) is 3.15. The van der Waals surface area contributed by atoms with Crippen LogP contribution in [0.25, 0.3) is 0 Å². The number of amides is 1. The van der Waals surface area contributed by atoms with Crippen LogP contribution in [0.2, 0.25) is 0 Å². The van der Waals surface area contributed by atoms with Gasteiger partial charge in [0.2, 0.25) is 0 Å². The fourth-order valence-electron chi connectivity index (χ4n) is 2.88. The van der Waals surface area contributed by atoms with Gasteiger partial charge in [0, 0.05) is 30.4 Å². The number of nitrogens with zero attached hydrogens (tertiary/aromatic N) is 2. The number of hydrogen-bond donors (Lipinski definition) is 1. The molecule has 142 valence electrons. The zero-order valence-electron chi connectivity index (χ0n) is 15.5. The van der Waals surface area contributed by atoms with E-state index in [-0.39, 0.29) is 5.91 Å². The van der Waals surface area contributed by atoms with Crippen LogP contribution < -0.4 is 19.8 Å². The first-order valence-corrected chi connectivity index (χ1v) is 8.70. The van der Waals surface area contributed by atoms with Crippen molar-refractivity contribution < 1.29 is 19.0 Å². The second kappa shape index (κ2) is 9.05. The van der Waals surface area contributed by atoms with Crippen molar-refractivity contribution in [3.05, 3.63) is 53.6 Å². The van der Waals surface area contributed by atoms with E-state index in [2.05, 4.69) is 15.4 Å². The molecule has 1 saturated heterocycles. The number of hydrazone groups is 1. The Morgan fingerprint density at radius 1 is 1.11 bits per heavy atom. The molecule has 0 aromatic heterocycles. The van der Waals surface area contributed by atoms with Gasteiger partial charge in [-0.3, -0.25) is 4.79 Å². The van der Waals surface area contributed by atoms with E-state index in [1.165, 1.54) is 7.11 Å². The molecule has 1 N–H and O–H groups in total. The van der Waals surface area contributed by atoms with Gasteiger partial charge in [-0.25, -0.2) is 5.43 Å². The number of rotatable bonds is 6. The maximum Gasteiger partial charge on any atom is 0.275 e. The minimum absolute atomic E-state index is 0.340. The van der Waals surface area contributed by atoms with Crippen LogP contribution in [0.3, 0.4) is 0 Å². The van der Waals surface area contributed by atoms with E-state index in [4.69, 9.17) is 14.2 Å². The average Bonchev–Trinajstić information content (AvgIpc) is 2.74. The third kappa shape index (κ3) is 4.57. The summed E-state index contributed by atoms with van der Waals surface area (Å²) in [5.74, 6) is 0.847. The van der Waals surface area contributed by atoms with Crippen molar-refractivity contribution in [3.63, 3.8) is 0 Å². The van der Waals surface area contributed by atoms with Gasteiger partial charge in [0.25, 0.3) is 5.91 Å². The monoisotopic (exact) mass is 369 g/mol. The number of methoxy groups -OCH3 is 2. The Morgan fingerprint density at radius 2 is 1.85 bits per heavy atom. The SMILES string of the molecule is COc1cc(N2CCOCC2)ccc1/C=N/NC(=O)c1ccccc1OC. The normalized spacial score (nSPS) is 14.2. The molecule has 0 saturated carbocycles. The smallest absolute Gasteiger partial charge is 0.275 e. The molecule has 1 fully saturated rings. The molecule has 3 rings (SSSR count). The highest BCUT2D eigenvalue weighted by atomic mass is 16.5. The standard InChI is InChI=1S/C20H23N3O4/c1-25-18-6-4-3-5-17(18)20(24)22-21-14-15-7-8-16(13-19(15)26-2)23-9-11-27-12-10-23/h3-8,13-14H,9-12H2,1-2H3,(H,22,24)/b21-14+. The van der Waals surface area contributed by atoms with Crippen LogP contribution in [0.15, 0.2) is 47.6 Å². The number of nitrogens with one attached hydrogen (secondary N) is 1. The van der Waals surface area contributed by atoms with E-state index < -0.39 is 0 Å². The van der Waals surface area contributed by atoms with Gasteiger partial charge in [0.1, 0.15) is 11.5 Å². The number of hydrogen-bond acceptors (Lipinski definition) is 6. The maximum atomic E-state index is 12.3. The highest BCUT2D eigenvalue weighted by Gasteiger charge is 2.13. The van der Waals surface area contributed by atoms with Crippen molar-refractivity contribution in [1.29, 1.82) is 0 Å². The topological polar surface area (TPSA) is 72.4 Å². The molecule has 7 nitrogen and oxygen atoms in total. The Bertz CT molecular complexity index is 817. The Kier molecular flexibility index (Phi) is 6.27. The fraction of sp³-hybridized carbons (Fsp3) is 0.300. The summed E-state index contributed by atoms with van der Waals surface area (Å²) >= 11 is 0. The van der Waals surface area contributed by atoms with E-state index in [1.807, 2.05) is 18.2 Å². The highest BCUT2D eigenvalue weighted by Crippen LogP contribution is 2.25. The number of para-hydroxylation sites is 1. The molecule has 0 bridgehead atoms. The number of carbonyl (C=O) groups is 1. The molecular weight excluding hydrogens is 346 g/mol. The maximum absolute atomic E-state index is 12.3. The van der Waals surface area contributed by atoms with Crippen LogP contribution in [-0.4, -0.2) is 52.6 Å². The summed E-state index contributed by atoms with van der Waals surface area (Å²) in [5.41, 5.74) is 4.79. The second-order valence-electron chi connectivity index (χ2n) is 5.93. The zero-order valence-corrected chi connectivity index (χ0v) is 15.5. The number of morpholine rings is 1. The molecule has 2 aromatic carbocycles. The van der Waals surface area contributed by atoms with Gasteiger partial charge in [0.15, 0.2) is 0 Å². The Morgan fingerprint density at radius 3 is 2.59 bits per heavy atom. The molecule has 0 atom stereocenters. The molecule has 0 unspecified atom stereocenters. The summed E-state index contributed by atoms with van der Waals surface area (Å²) in [6.07, 6.45) is 1.56. The van der Waals surface area contributed by atoms with Crippen LogP contribution in [0.4, 0.5) is 5.69 Å². The number of ether oxygens (including phenoxy) is 3. The first kappa shape index (κ1) is 18.7. The lowest BCUT2D eigenvalue weighted by Gasteiger charge is -2.29. The largest absolute Gasteiger partial charge is 0.496 e. The quantitative estimate of drug-likeness (QED) is 0.625. The van der Waals surface area contributed by atoms with Crippen molar-refractivity contribution >= 4 is 17.8 Å². The Balaban J connectivity index is 1.70. The molecule has 0 aliphatic carbocycles. The van der Waals surface area contributed by atoms with Crippen molar-refractivity contribution in [1.82, 2.24) is 5.43 Å². The zero-order chi connectivity index (χ0) is 19.1. The van der Waals surface area contributed by atoms with Gasteiger partial charge in [-0.05, 0) is 24.3 Å². The van der Waals surface area contributed by atoms with Crippen LogP contribution in [-0.2, 0) is 4.74 Å². The number of anilines is 1. The summed E-state index contributed by atoms with van der Waals surface area (Å²) < 4.78 is 16.1. The number of benzene rings is 2. The molecule has 1 amide bonds. The Labute approximate surface area is 158 Å². The van der Waals surface area contributed by atoms with Gasteiger partial charge in [-0.2, -0.15) is 5.10 Å². The van der Waals surface area contributed by atoms with Crippen LogP contribution in [0.1, 0.15) is 15.9 Å². The summed E-state index contributed by atoms with van der Waals surface area (Å²) in [5, 5.41) is 4.05. The van der Waals surface area contributed by atoms with Crippen LogP contribution >= 0.6 is 0 Å². The Hall–Kier alpha value is -3.06. The molecule has 1 aliphatic rings. The van der Waals surface area contributed by atoms with Gasteiger partial charge >= 0.3 is 0 Å². The van der Waals surface area contributed by atoms with E-state index in [9.17, 15) is 4.79 Å². The predicted octanol–water partition coefficient (Wildman–Crippen LogP) is 2.30. The van der Waals surface area contributed by atoms with Crippen molar-refractivity contribution in [2.45, 2.75) is 0 Å². The third-order valence-corrected chi connectivity index (χ3v) is 4.31. The molecule has 7 heteroatoms. The van der Waals surface area contributed by atoms with Gasteiger partial charge in [-0.15, -0.1) is 0 Å². The predicted molar refractivity (Wildman–Crippen MR) is 104 cm³/mol. The first-order chi connectivity index (χ1) is 13.2. The van der Waals surface area contributed by atoms with E-state index >= 15 is 0 Å². The summed E-state index contributed by atoms with van der Waals surface area (Å²) in [4.78, 5) is 14.5. The van der Waals surface area contributed by atoms with Gasteiger partial charge in [-0.1, -0.05) is 12.1 Å². The molecular formula is C20H23N3O4. The van der Waals surface area contributed by atoms with Gasteiger partial charge < -0.3 is 19.1 Å². The molecule has 1 aliphatic heterocycles. The number of carbonyl (C=O) groups excluding carboxylic acids is 1. The van der Waals surface area contributed by atoms with Crippen LogP contribution in [0, 0.1) is 0 Å². The van der Waals surface area contributed by atoms with E-state index in [0.717, 1.165) is 37.6 Å². The van der Waals surface area contributed by atoms with Crippen molar-refractivity contribution in [3.8, 4) is 11.5 Å². The average molecular weight is 369 g/mol. The third-order valence-electron chi connectivity index (χ3n) is 4.31. The lowest BCUT2D eigenvalue weighted by Crippen LogP contribution is -2.36. The summed E-state index contributed by atoms with van der Waals surface area (Å²) in [7, 11) is 3.14. The van der Waals surface area contributed by atoms with E-state index in [0.29, 0.717) is 17.1 Å². The van der Waals surface area contributed by atoms with Crippen molar-refractivity contribution in [2.75, 3.05) is 45.4 Å². The first-order valence-electron chi connectivity index (χ1n) is 8.70. The second-order valence-corrected chi connectivity index (χ2v) is 5.93. The van der Waals surface area contributed by atoms with E-state index in [1.54, 1.807) is 37.6 Å². The molecule has 2 aromatic rings. The fourth-order valence-corrected chi connectivity index (χ4v) is 2.88. The molecule has 1 heterocycles. The highest BCUT2D eigenvalue weighted by molar-refractivity contribution is 5.97. The molecule has 0 radical (unpaired) electrons. The van der Waals surface area contributed by atoms with Gasteiger partial charge in [0.05, 0.1) is 39.2 Å². The summed E-state index contributed by atoms with van der Waals surface area (Å²) in [6, 6.07) is 12.9. The minimum Gasteiger partial charge on any atom is -0.496 e. The molecule has 0 spiro atoms. The van der Waals surface area contributed by atoms with Crippen LogP contribution in [0.5, 0.6) is 11.5 Å².